The molecule has 0 aromatic heterocycles. The van der Waals surface area contributed by atoms with Gasteiger partial charge in [0.15, 0.2) is 0 Å². The average Bonchev–Trinajstić information content (AvgIpc) is 2.11. The first-order chi connectivity index (χ1) is 6.24. The van der Waals surface area contributed by atoms with E-state index in [0.717, 1.165) is 21.5 Å². The van der Waals surface area contributed by atoms with Crippen LogP contribution in [0.3, 0.4) is 0 Å². The van der Waals surface area contributed by atoms with Gasteiger partial charge in [0.2, 0.25) is 0 Å². The molecule has 3 heteroatoms. The Labute approximate surface area is 96.7 Å². The predicted octanol–water partition coefficient (Wildman–Crippen LogP) is 4.74. The number of hydrogen-bond acceptors (Lipinski definition) is 0. The van der Waals surface area contributed by atoms with Gasteiger partial charge in [-0.3, -0.25) is 0 Å². The molecule has 0 unspecified atom stereocenters. The van der Waals surface area contributed by atoms with Crippen molar-refractivity contribution in [1.82, 2.24) is 0 Å². The largest absolute Gasteiger partial charge is 0.126 e. The Morgan fingerprint density at radius 2 is 2.15 bits per heavy atom. The third-order valence-electron chi connectivity index (χ3n) is 1.53. The molecule has 0 fully saturated rings. The van der Waals surface area contributed by atoms with E-state index in [4.69, 9.17) is 23.2 Å². The van der Waals surface area contributed by atoms with Gasteiger partial charge in [0, 0.05) is 15.4 Å². The summed E-state index contributed by atoms with van der Waals surface area (Å²) < 4.78 is 1.03. The van der Waals surface area contributed by atoms with Crippen LogP contribution in [0.2, 0.25) is 5.02 Å². The first-order valence-corrected chi connectivity index (χ1v) is 5.62. The van der Waals surface area contributed by atoms with E-state index < -0.39 is 0 Å². The molecular weight excluding hydrogens is 271 g/mol. The summed E-state index contributed by atoms with van der Waals surface area (Å²) in [6.45, 7) is 0. The van der Waals surface area contributed by atoms with Crippen molar-refractivity contribution in [3.05, 3.63) is 39.3 Å². The zero-order valence-electron chi connectivity index (χ0n) is 6.93. The fraction of sp³-hybridized carbons (Fsp3) is 0.200. The van der Waals surface area contributed by atoms with Crippen LogP contribution in [0.25, 0.3) is 6.08 Å². The van der Waals surface area contributed by atoms with E-state index >= 15 is 0 Å². The Hall–Kier alpha value is 0.0200. The summed E-state index contributed by atoms with van der Waals surface area (Å²) in [7, 11) is 0. The molecule has 0 atom stereocenters. The van der Waals surface area contributed by atoms with Gasteiger partial charge in [-0.15, -0.1) is 11.6 Å². The van der Waals surface area contributed by atoms with Crippen molar-refractivity contribution in [3.63, 3.8) is 0 Å². The molecule has 0 aliphatic rings. The van der Waals surface area contributed by atoms with Gasteiger partial charge in [-0.1, -0.05) is 39.7 Å². The molecule has 1 aromatic carbocycles. The SMILES string of the molecule is ClCCC=Cc1cc(Br)ccc1Cl. The standard InChI is InChI=1S/C10H9BrCl2/c11-9-4-5-10(13)8(7-9)3-1-2-6-12/h1,3-5,7H,2,6H2. The molecule has 0 aliphatic heterocycles. The first kappa shape index (κ1) is 11.1. The van der Waals surface area contributed by atoms with E-state index in [0.29, 0.717) is 5.88 Å². The lowest BCUT2D eigenvalue weighted by molar-refractivity contribution is 1.24. The molecule has 0 nitrogen and oxygen atoms in total. The van der Waals surface area contributed by atoms with Gasteiger partial charge in [-0.2, -0.15) is 0 Å². The molecule has 1 aromatic rings. The van der Waals surface area contributed by atoms with Crippen LogP contribution in [0.4, 0.5) is 0 Å². The number of hydrogen-bond donors (Lipinski definition) is 0. The van der Waals surface area contributed by atoms with Gasteiger partial charge < -0.3 is 0 Å². The Balaban J connectivity index is 2.81. The summed E-state index contributed by atoms with van der Waals surface area (Å²) in [5, 5.41) is 0.758. The van der Waals surface area contributed by atoms with E-state index in [1.165, 1.54) is 0 Å². The molecule has 0 saturated heterocycles. The van der Waals surface area contributed by atoms with Crippen LogP contribution in [-0.4, -0.2) is 5.88 Å². The van der Waals surface area contributed by atoms with Crippen molar-refractivity contribution < 1.29 is 0 Å². The highest BCUT2D eigenvalue weighted by atomic mass is 79.9. The number of rotatable bonds is 3. The van der Waals surface area contributed by atoms with E-state index in [1.54, 1.807) is 0 Å². The fourth-order valence-corrected chi connectivity index (χ4v) is 1.60. The first-order valence-electron chi connectivity index (χ1n) is 3.91. The molecule has 0 N–H and O–H groups in total. The van der Waals surface area contributed by atoms with E-state index in [-0.39, 0.29) is 0 Å². The molecule has 0 aliphatic carbocycles. The number of benzene rings is 1. The number of allylic oxidation sites excluding steroid dienone is 1. The van der Waals surface area contributed by atoms with E-state index in [2.05, 4.69) is 15.9 Å². The molecule has 0 bridgehead atoms. The molecular formula is C10H9BrCl2. The Morgan fingerprint density at radius 3 is 2.85 bits per heavy atom. The summed E-state index contributed by atoms with van der Waals surface area (Å²) in [5.41, 5.74) is 1.01. The highest BCUT2D eigenvalue weighted by Gasteiger charge is 1.95. The maximum atomic E-state index is 5.97. The van der Waals surface area contributed by atoms with E-state index in [1.807, 2.05) is 30.4 Å². The third kappa shape index (κ3) is 3.72. The summed E-state index contributed by atoms with van der Waals surface area (Å²) >= 11 is 14.9. The second-order valence-corrected chi connectivity index (χ2v) is 4.25. The third-order valence-corrected chi connectivity index (χ3v) is 2.59. The van der Waals surface area contributed by atoms with Crippen molar-refractivity contribution in [2.24, 2.45) is 0 Å². The second kappa shape index (κ2) is 5.69. The van der Waals surface area contributed by atoms with Gasteiger partial charge in [-0.05, 0) is 30.2 Å². The monoisotopic (exact) mass is 278 g/mol. The van der Waals surface area contributed by atoms with Crippen molar-refractivity contribution in [3.8, 4) is 0 Å². The average molecular weight is 280 g/mol. The maximum absolute atomic E-state index is 5.97. The maximum Gasteiger partial charge on any atom is 0.0479 e. The lowest BCUT2D eigenvalue weighted by Gasteiger charge is -1.98. The lowest BCUT2D eigenvalue weighted by atomic mass is 10.2. The number of halogens is 3. The summed E-state index contributed by atoms with van der Waals surface area (Å²) in [5.74, 6) is 0.641. The minimum atomic E-state index is 0.641. The predicted molar refractivity (Wildman–Crippen MR) is 63.5 cm³/mol. The van der Waals surface area contributed by atoms with Crippen molar-refractivity contribution in [2.75, 3.05) is 5.88 Å². The molecule has 1 rings (SSSR count). The van der Waals surface area contributed by atoms with Gasteiger partial charge in [-0.25, -0.2) is 0 Å². The molecule has 70 valence electrons. The minimum Gasteiger partial charge on any atom is -0.126 e. The Bertz CT molecular complexity index is 308. The van der Waals surface area contributed by atoms with E-state index in [9.17, 15) is 0 Å². The topological polar surface area (TPSA) is 0 Å². The van der Waals surface area contributed by atoms with Gasteiger partial charge in [0.05, 0.1) is 0 Å². The summed E-state index contributed by atoms with van der Waals surface area (Å²) in [6, 6.07) is 5.76. The molecule has 0 spiro atoms. The quantitative estimate of drug-likeness (QED) is 0.701. The lowest BCUT2D eigenvalue weighted by Crippen LogP contribution is -1.75. The molecule has 0 heterocycles. The fourth-order valence-electron chi connectivity index (χ4n) is 0.916. The zero-order valence-corrected chi connectivity index (χ0v) is 10.0. The Kier molecular flexibility index (Phi) is 4.86. The van der Waals surface area contributed by atoms with Crippen LogP contribution in [0, 0.1) is 0 Å². The smallest absolute Gasteiger partial charge is 0.0479 e. The van der Waals surface area contributed by atoms with Gasteiger partial charge in [0.25, 0.3) is 0 Å². The van der Waals surface area contributed by atoms with Crippen LogP contribution in [-0.2, 0) is 0 Å². The number of alkyl halides is 1. The molecule has 13 heavy (non-hydrogen) atoms. The van der Waals surface area contributed by atoms with Gasteiger partial charge >= 0.3 is 0 Å². The van der Waals surface area contributed by atoms with Crippen molar-refractivity contribution in [1.29, 1.82) is 0 Å². The van der Waals surface area contributed by atoms with Crippen LogP contribution >= 0.6 is 39.1 Å². The van der Waals surface area contributed by atoms with Crippen molar-refractivity contribution in [2.45, 2.75) is 6.42 Å². The molecule has 0 amide bonds. The van der Waals surface area contributed by atoms with Crippen LogP contribution < -0.4 is 0 Å². The highest BCUT2D eigenvalue weighted by Crippen LogP contribution is 2.22. The summed E-state index contributed by atoms with van der Waals surface area (Å²) in [6.07, 6.45) is 4.86. The Morgan fingerprint density at radius 1 is 1.38 bits per heavy atom. The van der Waals surface area contributed by atoms with Crippen LogP contribution in [0.5, 0.6) is 0 Å². The minimum absolute atomic E-state index is 0.641. The highest BCUT2D eigenvalue weighted by molar-refractivity contribution is 9.10. The normalized spacial score (nSPS) is 11.0. The molecule has 0 saturated carbocycles. The van der Waals surface area contributed by atoms with Crippen molar-refractivity contribution >= 4 is 45.2 Å². The zero-order chi connectivity index (χ0) is 9.68. The second-order valence-electron chi connectivity index (χ2n) is 2.55. The summed E-state index contributed by atoms with van der Waals surface area (Å²) in [4.78, 5) is 0. The van der Waals surface area contributed by atoms with Crippen LogP contribution in [0.1, 0.15) is 12.0 Å². The molecule has 0 radical (unpaired) electrons. The van der Waals surface area contributed by atoms with Gasteiger partial charge in [0.1, 0.15) is 0 Å². The van der Waals surface area contributed by atoms with Crippen LogP contribution in [0.15, 0.2) is 28.7 Å².